The van der Waals surface area contributed by atoms with E-state index < -0.39 is 0 Å². The first kappa shape index (κ1) is 17.5. The van der Waals surface area contributed by atoms with Crippen LogP contribution in [0.3, 0.4) is 0 Å². The average Bonchev–Trinajstić information content (AvgIpc) is 3.14. The monoisotopic (exact) mass is 343 g/mol. The van der Waals surface area contributed by atoms with Gasteiger partial charge in [0.25, 0.3) is 0 Å². The van der Waals surface area contributed by atoms with Crippen LogP contribution in [0.2, 0.25) is 0 Å². The number of hydrogen-bond acceptors (Lipinski definition) is 5. The quantitative estimate of drug-likeness (QED) is 0.836. The van der Waals surface area contributed by atoms with E-state index in [1.54, 1.807) is 18.7 Å². The molecule has 1 amide bonds. The normalized spacial score (nSPS) is 17.2. The van der Waals surface area contributed by atoms with Crippen molar-refractivity contribution in [2.75, 3.05) is 19.6 Å². The van der Waals surface area contributed by atoms with E-state index in [0.717, 1.165) is 44.0 Å². The number of nitrogens with zero attached hydrogens (tertiary/aromatic N) is 2. The second-order valence-electron chi connectivity index (χ2n) is 6.49. The number of ether oxygens (including phenoxy) is 1. The summed E-state index contributed by atoms with van der Waals surface area (Å²) in [5.74, 6) is 1.90. The first-order chi connectivity index (χ1) is 12.2. The van der Waals surface area contributed by atoms with Crippen LogP contribution in [0.5, 0.6) is 5.75 Å². The van der Waals surface area contributed by atoms with Crippen molar-refractivity contribution in [1.82, 2.24) is 15.2 Å². The molecule has 3 heterocycles. The SMILES string of the molecule is C[C@H](CNC(=O)C1CCN(Cc2ccco2)CC1)Oc1cccnc1. The van der Waals surface area contributed by atoms with Crippen molar-refractivity contribution in [2.24, 2.45) is 5.92 Å². The van der Waals surface area contributed by atoms with Gasteiger partial charge in [0.1, 0.15) is 17.6 Å². The fraction of sp³-hybridized carbons (Fsp3) is 0.474. The van der Waals surface area contributed by atoms with E-state index in [9.17, 15) is 4.79 Å². The second-order valence-corrected chi connectivity index (χ2v) is 6.49. The Balaban J connectivity index is 1.36. The highest BCUT2D eigenvalue weighted by Gasteiger charge is 2.25. The van der Waals surface area contributed by atoms with Gasteiger partial charge in [0.15, 0.2) is 0 Å². The van der Waals surface area contributed by atoms with E-state index in [4.69, 9.17) is 9.15 Å². The Bertz CT molecular complexity index is 637. The number of rotatable bonds is 7. The molecule has 1 aliphatic rings. The van der Waals surface area contributed by atoms with E-state index in [1.807, 2.05) is 31.2 Å². The van der Waals surface area contributed by atoms with Crippen molar-refractivity contribution in [3.05, 3.63) is 48.7 Å². The lowest BCUT2D eigenvalue weighted by Crippen LogP contribution is -2.42. The van der Waals surface area contributed by atoms with Crippen LogP contribution in [0.25, 0.3) is 0 Å². The van der Waals surface area contributed by atoms with Gasteiger partial charge in [-0.15, -0.1) is 0 Å². The smallest absolute Gasteiger partial charge is 0.223 e. The molecule has 1 fully saturated rings. The van der Waals surface area contributed by atoms with E-state index in [-0.39, 0.29) is 17.9 Å². The zero-order valence-electron chi connectivity index (χ0n) is 14.6. The summed E-state index contributed by atoms with van der Waals surface area (Å²) in [6.45, 7) is 5.10. The van der Waals surface area contributed by atoms with Crippen LogP contribution in [0, 0.1) is 5.92 Å². The number of aromatic nitrogens is 1. The van der Waals surface area contributed by atoms with Gasteiger partial charge in [-0.1, -0.05) is 0 Å². The fourth-order valence-electron chi connectivity index (χ4n) is 3.06. The fourth-order valence-corrected chi connectivity index (χ4v) is 3.06. The molecule has 1 N–H and O–H groups in total. The minimum atomic E-state index is -0.0906. The first-order valence-electron chi connectivity index (χ1n) is 8.80. The molecule has 0 radical (unpaired) electrons. The number of carbonyl (C=O) groups is 1. The second kappa shape index (κ2) is 8.67. The van der Waals surface area contributed by atoms with Gasteiger partial charge in [0, 0.05) is 12.1 Å². The maximum Gasteiger partial charge on any atom is 0.223 e. The lowest BCUT2D eigenvalue weighted by Gasteiger charge is -2.30. The lowest BCUT2D eigenvalue weighted by molar-refractivity contribution is -0.126. The number of carbonyl (C=O) groups excluding carboxylic acids is 1. The molecule has 3 rings (SSSR count). The van der Waals surface area contributed by atoms with Crippen LogP contribution in [-0.4, -0.2) is 41.5 Å². The molecule has 134 valence electrons. The molecular formula is C19H25N3O3. The van der Waals surface area contributed by atoms with E-state index in [0.29, 0.717) is 6.54 Å². The van der Waals surface area contributed by atoms with Crippen LogP contribution >= 0.6 is 0 Å². The van der Waals surface area contributed by atoms with Gasteiger partial charge in [-0.05, 0) is 57.1 Å². The minimum absolute atomic E-state index is 0.0819. The number of piperidine rings is 1. The molecule has 1 aliphatic heterocycles. The molecule has 6 nitrogen and oxygen atoms in total. The summed E-state index contributed by atoms with van der Waals surface area (Å²) >= 11 is 0. The predicted molar refractivity (Wildman–Crippen MR) is 94.0 cm³/mol. The number of likely N-dealkylation sites (tertiary alicyclic amines) is 1. The standard InChI is InChI=1S/C19H25N3O3/c1-15(25-17-4-2-8-20-13-17)12-21-19(23)16-6-9-22(10-7-16)14-18-5-3-11-24-18/h2-5,8,11,13,15-16H,6-7,9-10,12,14H2,1H3,(H,21,23)/t15-/m1/s1. The molecule has 0 saturated carbocycles. The van der Waals surface area contributed by atoms with Crippen molar-refractivity contribution in [3.8, 4) is 5.75 Å². The highest BCUT2D eigenvalue weighted by Crippen LogP contribution is 2.19. The van der Waals surface area contributed by atoms with Gasteiger partial charge in [-0.25, -0.2) is 0 Å². The Labute approximate surface area is 148 Å². The van der Waals surface area contributed by atoms with E-state index in [2.05, 4.69) is 15.2 Å². The van der Waals surface area contributed by atoms with Gasteiger partial charge in [0.05, 0.1) is 25.5 Å². The van der Waals surface area contributed by atoms with Gasteiger partial charge < -0.3 is 14.5 Å². The summed E-state index contributed by atoms with van der Waals surface area (Å²) in [5.41, 5.74) is 0. The molecule has 0 unspecified atom stereocenters. The third-order valence-corrected chi connectivity index (χ3v) is 4.45. The third-order valence-electron chi connectivity index (χ3n) is 4.45. The number of pyridine rings is 1. The average molecular weight is 343 g/mol. The highest BCUT2D eigenvalue weighted by atomic mass is 16.5. The van der Waals surface area contributed by atoms with Crippen molar-refractivity contribution in [3.63, 3.8) is 0 Å². The van der Waals surface area contributed by atoms with Crippen LogP contribution in [0.1, 0.15) is 25.5 Å². The van der Waals surface area contributed by atoms with Crippen LogP contribution < -0.4 is 10.1 Å². The topological polar surface area (TPSA) is 67.6 Å². The molecular weight excluding hydrogens is 318 g/mol. The molecule has 1 atom stereocenters. The summed E-state index contributed by atoms with van der Waals surface area (Å²) < 4.78 is 11.1. The summed E-state index contributed by atoms with van der Waals surface area (Å²) in [7, 11) is 0. The summed E-state index contributed by atoms with van der Waals surface area (Å²) in [4.78, 5) is 18.7. The zero-order valence-corrected chi connectivity index (χ0v) is 14.6. The molecule has 0 aliphatic carbocycles. The first-order valence-corrected chi connectivity index (χ1v) is 8.80. The molecule has 2 aromatic rings. The van der Waals surface area contributed by atoms with Gasteiger partial charge >= 0.3 is 0 Å². The van der Waals surface area contributed by atoms with Crippen molar-refractivity contribution in [1.29, 1.82) is 0 Å². The number of nitrogens with one attached hydrogen (secondary N) is 1. The van der Waals surface area contributed by atoms with Gasteiger partial charge in [0.2, 0.25) is 5.91 Å². The summed E-state index contributed by atoms with van der Waals surface area (Å²) in [6, 6.07) is 7.59. The predicted octanol–water partition coefficient (Wildman–Crippen LogP) is 2.47. The summed E-state index contributed by atoms with van der Waals surface area (Å²) in [6.07, 6.45) is 6.75. The van der Waals surface area contributed by atoms with E-state index >= 15 is 0 Å². The van der Waals surface area contributed by atoms with Crippen molar-refractivity contribution >= 4 is 5.91 Å². The maximum absolute atomic E-state index is 12.4. The lowest BCUT2D eigenvalue weighted by atomic mass is 9.96. The molecule has 1 saturated heterocycles. The molecule has 2 aromatic heterocycles. The van der Waals surface area contributed by atoms with Gasteiger partial charge in [-0.2, -0.15) is 0 Å². The summed E-state index contributed by atoms with van der Waals surface area (Å²) in [5, 5.41) is 3.01. The number of amides is 1. The molecule has 0 aromatic carbocycles. The Hall–Kier alpha value is -2.34. The largest absolute Gasteiger partial charge is 0.487 e. The Morgan fingerprint density at radius 3 is 2.92 bits per heavy atom. The van der Waals surface area contributed by atoms with Crippen LogP contribution in [0.4, 0.5) is 0 Å². The molecule has 6 heteroatoms. The maximum atomic E-state index is 12.4. The van der Waals surface area contributed by atoms with Crippen molar-refractivity contribution < 1.29 is 13.9 Å². The van der Waals surface area contributed by atoms with Crippen molar-refractivity contribution in [2.45, 2.75) is 32.4 Å². The van der Waals surface area contributed by atoms with Crippen LogP contribution in [0.15, 0.2) is 47.3 Å². The third kappa shape index (κ3) is 5.32. The Morgan fingerprint density at radius 2 is 2.24 bits per heavy atom. The Morgan fingerprint density at radius 1 is 1.40 bits per heavy atom. The Kier molecular flexibility index (Phi) is 6.06. The van der Waals surface area contributed by atoms with E-state index in [1.165, 1.54) is 0 Å². The number of hydrogen-bond donors (Lipinski definition) is 1. The van der Waals surface area contributed by atoms with Gasteiger partial charge in [-0.3, -0.25) is 14.7 Å². The zero-order chi connectivity index (χ0) is 17.5. The molecule has 0 spiro atoms. The molecule has 0 bridgehead atoms. The molecule has 25 heavy (non-hydrogen) atoms. The number of furan rings is 1. The van der Waals surface area contributed by atoms with Crippen LogP contribution in [-0.2, 0) is 11.3 Å². The minimum Gasteiger partial charge on any atom is -0.487 e. The highest BCUT2D eigenvalue weighted by molar-refractivity contribution is 5.78.